The Kier molecular flexibility index (Phi) is 2.41. The maximum absolute atomic E-state index is 11.9. The summed E-state index contributed by atoms with van der Waals surface area (Å²) in [5, 5.41) is 10.0. The van der Waals surface area contributed by atoms with Crippen LogP contribution in [0.15, 0.2) is 11.8 Å². The molecule has 0 aromatic rings. The topological polar surface area (TPSA) is 61.6 Å². The Balaban J connectivity index is 2.81. The van der Waals surface area contributed by atoms with Crippen molar-refractivity contribution in [2.45, 2.75) is 12.4 Å². The zero-order valence-corrected chi connectivity index (χ0v) is 6.08. The first kappa shape index (κ1) is 9.78. The highest BCUT2D eigenvalue weighted by Gasteiger charge is 2.40. The van der Waals surface area contributed by atoms with Crippen molar-refractivity contribution in [2.75, 3.05) is 6.79 Å². The molecule has 1 rings (SSSR count). The summed E-state index contributed by atoms with van der Waals surface area (Å²) < 4.78 is 44.0. The fraction of sp³-hybridized carbons (Fsp3) is 0.600. The predicted octanol–water partition coefficient (Wildman–Crippen LogP) is 1.04. The SMILES string of the molecule is O=[N+]([O-])C1C=C(C(F)(F)F)OCO1. The zero-order valence-electron chi connectivity index (χ0n) is 6.08. The zero-order chi connectivity index (χ0) is 10.1. The number of hydrogen-bond donors (Lipinski definition) is 0. The van der Waals surface area contributed by atoms with E-state index in [-0.39, 0.29) is 6.08 Å². The van der Waals surface area contributed by atoms with Crippen LogP contribution in [0.1, 0.15) is 0 Å². The number of allylic oxidation sites excluding steroid dienone is 1. The molecule has 13 heavy (non-hydrogen) atoms. The van der Waals surface area contributed by atoms with Gasteiger partial charge in [-0.2, -0.15) is 13.2 Å². The Bertz CT molecular complexity index is 249. The number of hydrogen-bond acceptors (Lipinski definition) is 4. The van der Waals surface area contributed by atoms with Gasteiger partial charge in [-0.1, -0.05) is 0 Å². The number of halogens is 3. The fourth-order valence-electron chi connectivity index (χ4n) is 0.691. The number of nitrogens with zero attached hydrogens (tertiary/aromatic N) is 1. The van der Waals surface area contributed by atoms with E-state index in [0.29, 0.717) is 0 Å². The van der Waals surface area contributed by atoms with Crippen molar-refractivity contribution >= 4 is 0 Å². The molecular weight excluding hydrogens is 195 g/mol. The maximum atomic E-state index is 11.9. The summed E-state index contributed by atoms with van der Waals surface area (Å²) in [7, 11) is 0. The quantitative estimate of drug-likeness (QED) is 0.467. The molecule has 1 atom stereocenters. The van der Waals surface area contributed by atoms with Crippen LogP contribution in [0.2, 0.25) is 0 Å². The van der Waals surface area contributed by atoms with E-state index in [1.807, 2.05) is 0 Å². The number of ether oxygens (including phenoxy) is 2. The Morgan fingerprint density at radius 2 is 2.23 bits per heavy atom. The summed E-state index contributed by atoms with van der Waals surface area (Å²) in [6.45, 7) is -0.767. The lowest BCUT2D eigenvalue weighted by molar-refractivity contribution is -0.568. The third kappa shape index (κ3) is 2.31. The third-order valence-electron chi connectivity index (χ3n) is 1.23. The van der Waals surface area contributed by atoms with Crippen LogP contribution in [0.5, 0.6) is 0 Å². The summed E-state index contributed by atoms with van der Waals surface area (Å²) in [5.41, 5.74) is 0. The number of nitro groups is 1. The number of alkyl halides is 3. The van der Waals surface area contributed by atoms with Gasteiger partial charge >= 0.3 is 12.4 Å². The highest BCUT2D eigenvalue weighted by molar-refractivity contribution is 5.03. The maximum Gasteiger partial charge on any atom is 0.449 e. The van der Waals surface area contributed by atoms with Crippen LogP contribution in [0.25, 0.3) is 0 Å². The van der Waals surface area contributed by atoms with Crippen molar-refractivity contribution in [1.82, 2.24) is 0 Å². The monoisotopic (exact) mass is 199 g/mol. The average Bonchev–Trinajstić information content (AvgIpc) is 2.03. The molecule has 5 nitrogen and oxygen atoms in total. The summed E-state index contributed by atoms with van der Waals surface area (Å²) in [6, 6.07) is 0. The molecule has 74 valence electrons. The predicted molar refractivity (Wildman–Crippen MR) is 32.0 cm³/mol. The molecule has 0 amide bonds. The first-order valence-corrected chi connectivity index (χ1v) is 3.08. The van der Waals surface area contributed by atoms with Crippen molar-refractivity contribution in [3.63, 3.8) is 0 Å². The van der Waals surface area contributed by atoms with E-state index >= 15 is 0 Å². The Morgan fingerprint density at radius 1 is 1.62 bits per heavy atom. The minimum Gasteiger partial charge on any atom is -0.462 e. The van der Waals surface area contributed by atoms with Gasteiger partial charge in [0.25, 0.3) is 0 Å². The molecule has 0 N–H and O–H groups in total. The fourth-order valence-corrected chi connectivity index (χ4v) is 0.691. The highest BCUT2D eigenvalue weighted by atomic mass is 19.4. The molecule has 8 heteroatoms. The van der Waals surface area contributed by atoms with Gasteiger partial charge in [-0.05, 0) is 0 Å². The van der Waals surface area contributed by atoms with E-state index in [1.165, 1.54) is 0 Å². The first-order chi connectivity index (χ1) is 5.91. The minimum absolute atomic E-state index is 0.281. The van der Waals surface area contributed by atoms with E-state index in [1.54, 1.807) is 0 Å². The van der Waals surface area contributed by atoms with E-state index < -0.39 is 29.9 Å². The smallest absolute Gasteiger partial charge is 0.449 e. The van der Waals surface area contributed by atoms with Crippen molar-refractivity contribution in [3.05, 3.63) is 21.9 Å². The molecule has 0 aromatic heterocycles. The molecule has 0 saturated carbocycles. The van der Waals surface area contributed by atoms with Gasteiger partial charge in [-0.3, -0.25) is 14.9 Å². The van der Waals surface area contributed by atoms with Crippen LogP contribution in [0.4, 0.5) is 13.2 Å². The van der Waals surface area contributed by atoms with Crippen molar-refractivity contribution in [1.29, 1.82) is 0 Å². The van der Waals surface area contributed by atoms with Crippen LogP contribution >= 0.6 is 0 Å². The lowest BCUT2D eigenvalue weighted by Gasteiger charge is -2.18. The van der Waals surface area contributed by atoms with Crippen molar-refractivity contribution < 1.29 is 27.6 Å². The Hall–Kier alpha value is -1.31. The summed E-state index contributed by atoms with van der Waals surface area (Å²) in [5.74, 6) is -1.39. The molecular formula is C5H4F3NO4. The number of rotatable bonds is 1. The van der Waals surface area contributed by atoms with Gasteiger partial charge in [0.05, 0.1) is 11.0 Å². The van der Waals surface area contributed by atoms with Crippen LogP contribution in [-0.2, 0) is 9.47 Å². The molecule has 1 aliphatic heterocycles. The van der Waals surface area contributed by atoms with Gasteiger partial charge < -0.3 is 4.74 Å². The van der Waals surface area contributed by atoms with E-state index in [0.717, 1.165) is 0 Å². The summed E-state index contributed by atoms with van der Waals surface area (Å²) in [4.78, 5) is 9.06. The van der Waals surface area contributed by atoms with Gasteiger partial charge in [0, 0.05) is 0 Å². The Labute approximate surface area is 69.9 Å². The van der Waals surface area contributed by atoms with Crippen LogP contribution in [0, 0.1) is 10.1 Å². The molecule has 1 aliphatic rings. The second-order valence-corrected chi connectivity index (χ2v) is 2.13. The van der Waals surface area contributed by atoms with E-state index in [4.69, 9.17) is 0 Å². The lowest BCUT2D eigenvalue weighted by atomic mass is 10.4. The minimum atomic E-state index is -4.71. The standard InChI is InChI=1S/C5H4F3NO4/c6-5(7,8)3-1-4(9(10)11)13-2-12-3/h1,4H,2H2. The van der Waals surface area contributed by atoms with Gasteiger partial charge in [-0.25, -0.2) is 0 Å². The first-order valence-electron chi connectivity index (χ1n) is 3.08. The molecule has 0 fully saturated rings. The molecule has 0 radical (unpaired) electrons. The largest absolute Gasteiger partial charge is 0.462 e. The molecule has 0 bridgehead atoms. The third-order valence-corrected chi connectivity index (χ3v) is 1.23. The highest BCUT2D eigenvalue weighted by Crippen LogP contribution is 2.29. The second kappa shape index (κ2) is 3.21. The van der Waals surface area contributed by atoms with E-state index in [2.05, 4.69) is 9.47 Å². The van der Waals surface area contributed by atoms with Crippen LogP contribution < -0.4 is 0 Å². The normalized spacial score (nSPS) is 23.3. The average molecular weight is 199 g/mol. The van der Waals surface area contributed by atoms with Gasteiger partial charge in [0.15, 0.2) is 6.79 Å². The molecule has 1 heterocycles. The van der Waals surface area contributed by atoms with Gasteiger partial charge in [-0.15, -0.1) is 0 Å². The van der Waals surface area contributed by atoms with Crippen molar-refractivity contribution in [2.24, 2.45) is 0 Å². The molecule has 1 unspecified atom stereocenters. The molecule has 0 aromatic carbocycles. The molecule has 0 spiro atoms. The van der Waals surface area contributed by atoms with Gasteiger partial charge in [0.2, 0.25) is 5.76 Å². The summed E-state index contributed by atoms with van der Waals surface area (Å²) in [6.07, 6.45) is -6.22. The van der Waals surface area contributed by atoms with Gasteiger partial charge in [0.1, 0.15) is 0 Å². The van der Waals surface area contributed by atoms with Crippen LogP contribution in [0.3, 0.4) is 0 Å². The summed E-state index contributed by atoms with van der Waals surface area (Å²) >= 11 is 0. The lowest BCUT2D eigenvalue weighted by Crippen LogP contribution is -2.30. The Morgan fingerprint density at radius 3 is 2.69 bits per heavy atom. The van der Waals surface area contributed by atoms with Crippen LogP contribution in [-0.4, -0.2) is 24.1 Å². The molecule has 0 saturated heterocycles. The second-order valence-electron chi connectivity index (χ2n) is 2.13. The van der Waals surface area contributed by atoms with E-state index in [9.17, 15) is 23.3 Å². The molecule has 0 aliphatic carbocycles. The van der Waals surface area contributed by atoms with Crippen molar-refractivity contribution in [3.8, 4) is 0 Å².